The number of rotatable bonds is 5. The maximum atomic E-state index is 12.8. The van der Waals surface area contributed by atoms with E-state index in [1.165, 1.54) is 12.1 Å². The molecule has 5 nitrogen and oxygen atoms in total. The summed E-state index contributed by atoms with van der Waals surface area (Å²) in [7, 11) is -5.64. The number of anilines is 1. The fourth-order valence-corrected chi connectivity index (χ4v) is 3.07. The van der Waals surface area contributed by atoms with Crippen molar-refractivity contribution in [2.75, 3.05) is 4.72 Å². The first kappa shape index (κ1) is 23.3. The molecule has 0 saturated carbocycles. The van der Waals surface area contributed by atoms with Crippen LogP contribution in [0.4, 0.5) is 18.9 Å². The summed E-state index contributed by atoms with van der Waals surface area (Å²) in [5.41, 5.74) is -6.33. The van der Waals surface area contributed by atoms with Crippen LogP contribution in [0.1, 0.15) is 26.3 Å². The van der Waals surface area contributed by atoms with E-state index in [9.17, 15) is 21.6 Å². The Labute approximate surface area is 176 Å². The number of halogens is 5. The van der Waals surface area contributed by atoms with Crippen LogP contribution in [0, 0.1) is 5.41 Å². The van der Waals surface area contributed by atoms with Gasteiger partial charge in [-0.1, -0.05) is 49.1 Å². The second kappa shape index (κ2) is 8.41. The SMILES string of the molecule is CC(C)(C)/C(=N/Oc1ccc(Cl)cc1)c1cc(Cl)ccc1NS(=O)(=O)C(F)(F)F. The van der Waals surface area contributed by atoms with Gasteiger partial charge in [0.15, 0.2) is 5.75 Å². The number of nitrogens with zero attached hydrogens (tertiary/aromatic N) is 1. The standard InChI is InChI=1S/C18H17Cl2F3N2O3S/c1-17(2,3)16(24-28-13-7-4-11(19)5-8-13)14-10-12(20)6-9-15(14)25-29(26,27)18(21,22)23/h4-10,25H,1-3H3/b24-16+. The Bertz CT molecular complexity index is 1020. The molecule has 0 aliphatic rings. The maximum absolute atomic E-state index is 12.8. The Morgan fingerprint density at radius 2 is 1.55 bits per heavy atom. The summed E-state index contributed by atoms with van der Waals surface area (Å²) < 4.78 is 63.2. The largest absolute Gasteiger partial charge is 0.516 e. The molecule has 0 heterocycles. The zero-order valence-electron chi connectivity index (χ0n) is 15.5. The molecular weight excluding hydrogens is 452 g/mol. The van der Waals surface area contributed by atoms with Crippen molar-refractivity contribution in [2.45, 2.75) is 26.3 Å². The molecule has 0 radical (unpaired) electrons. The van der Waals surface area contributed by atoms with Crippen molar-refractivity contribution in [3.63, 3.8) is 0 Å². The first-order chi connectivity index (χ1) is 13.2. The van der Waals surface area contributed by atoms with Gasteiger partial charge in [0.05, 0.1) is 11.4 Å². The van der Waals surface area contributed by atoms with Gasteiger partial charge in [-0.15, -0.1) is 0 Å². The monoisotopic (exact) mass is 468 g/mol. The molecule has 29 heavy (non-hydrogen) atoms. The van der Waals surface area contributed by atoms with E-state index in [-0.39, 0.29) is 22.0 Å². The lowest BCUT2D eigenvalue weighted by Gasteiger charge is -2.24. The van der Waals surface area contributed by atoms with E-state index >= 15 is 0 Å². The van der Waals surface area contributed by atoms with Gasteiger partial charge in [0, 0.05) is 21.0 Å². The van der Waals surface area contributed by atoms with Crippen LogP contribution >= 0.6 is 23.2 Å². The van der Waals surface area contributed by atoms with Crippen LogP contribution < -0.4 is 9.56 Å². The third kappa shape index (κ3) is 6.01. The van der Waals surface area contributed by atoms with Gasteiger partial charge < -0.3 is 4.84 Å². The Hall–Kier alpha value is -1.97. The molecule has 0 bridgehead atoms. The second-order valence-electron chi connectivity index (χ2n) is 6.98. The number of nitrogens with one attached hydrogen (secondary N) is 1. The topological polar surface area (TPSA) is 67.8 Å². The lowest BCUT2D eigenvalue weighted by Crippen LogP contribution is -2.31. The van der Waals surface area contributed by atoms with E-state index in [1.807, 2.05) is 0 Å². The van der Waals surface area contributed by atoms with Crippen LogP contribution in [0.5, 0.6) is 5.75 Å². The molecule has 0 unspecified atom stereocenters. The molecule has 0 saturated heterocycles. The summed E-state index contributed by atoms with van der Waals surface area (Å²) in [6, 6.07) is 9.96. The molecule has 2 aromatic rings. The average Bonchev–Trinajstić information content (AvgIpc) is 2.56. The summed E-state index contributed by atoms with van der Waals surface area (Å²) in [5, 5.41) is 4.72. The maximum Gasteiger partial charge on any atom is 0.516 e. The van der Waals surface area contributed by atoms with Gasteiger partial charge in [-0.25, -0.2) is 0 Å². The highest BCUT2D eigenvalue weighted by molar-refractivity contribution is 7.93. The van der Waals surface area contributed by atoms with Crippen molar-refractivity contribution in [1.82, 2.24) is 0 Å². The average molecular weight is 469 g/mol. The zero-order valence-corrected chi connectivity index (χ0v) is 17.8. The van der Waals surface area contributed by atoms with Crippen LogP contribution in [-0.4, -0.2) is 19.6 Å². The normalized spacial score (nSPS) is 13.3. The van der Waals surface area contributed by atoms with Crippen molar-refractivity contribution in [2.24, 2.45) is 10.6 Å². The van der Waals surface area contributed by atoms with Crippen molar-refractivity contribution in [3.05, 3.63) is 58.1 Å². The van der Waals surface area contributed by atoms with E-state index in [0.717, 1.165) is 6.07 Å². The van der Waals surface area contributed by atoms with E-state index < -0.39 is 20.9 Å². The third-order valence-electron chi connectivity index (χ3n) is 3.55. The van der Waals surface area contributed by atoms with Crippen LogP contribution in [-0.2, 0) is 10.0 Å². The molecule has 0 fully saturated rings. The lowest BCUT2D eigenvalue weighted by molar-refractivity contribution is -0.0429. The molecule has 11 heteroatoms. The minimum atomic E-state index is -5.64. The summed E-state index contributed by atoms with van der Waals surface area (Å²) in [5.74, 6) is 0.329. The lowest BCUT2D eigenvalue weighted by atomic mass is 9.85. The van der Waals surface area contributed by atoms with Gasteiger partial charge in [-0.05, 0) is 42.5 Å². The van der Waals surface area contributed by atoms with E-state index in [4.69, 9.17) is 28.0 Å². The number of benzene rings is 2. The number of hydrogen-bond acceptors (Lipinski definition) is 4. The molecule has 2 rings (SSSR count). The summed E-state index contributed by atoms with van der Waals surface area (Å²) >= 11 is 11.8. The van der Waals surface area contributed by atoms with Crippen molar-refractivity contribution >= 4 is 44.6 Å². The molecule has 2 aromatic carbocycles. The van der Waals surface area contributed by atoms with Gasteiger partial charge >= 0.3 is 15.5 Å². The molecule has 0 atom stereocenters. The van der Waals surface area contributed by atoms with Crippen LogP contribution in [0.15, 0.2) is 47.6 Å². The quantitative estimate of drug-likeness (QED) is 0.426. The minimum absolute atomic E-state index is 0.0480. The first-order valence-electron chi connectivity index (χ1n) is 8.11. The number of hydrogen-bond donors (Lipinski definition) is 1. The van der Waals surface area contributed by atoms with Gasteiger partial charge in [-0.2, -0.15) is 21.6 Å². The minimum Gasteiger partial charge on any atom is -0.357 e. The van der Waals surface area contributed by atoms with Crippen molar-refractivity contribution < 1.29 is 26.4 Å². The number of oxime groups is 1. The fraction of sp³-hybridized carbons (Fsp3) is 0.278. The van der Waals surface area contributed by atoms with E-state index in [1.54, 1.807) is 49.8 Å². The molecule has 0 aliphatic carbocycles. The fourth-order valence-electron chi connectivity index (χ4n) is 2.19. The highest BCUT2D eigenvalue weighted by Crippen LogP contribution is 2.33. The van der Waals surface area contributed by atoms with Crippen molar-refractivity contribution in [1.29, 1.82) is 0 Å². The predicted octanol–water partition coefficient (Wildman–Crippen LogP) is 6.08. The molecule has 1 N–H and O–H groups in total. The highest BCUT2D eigenvalue weighted by atomic mass is 35.5. The molecule has 0 aromatic heterocycles. The van der Waals surface area contributed by atoms with Gasteiger partial charge in [0.2, 0.25) is 0 Å². The van der Waals surface area contributed by atoms with Crippen molar-refractivity contribution in [3.8, 4) is 5.75 Å². The number of alkyl halides is 3. The van der Waals surface area contributed by atoms with Crippen LogP contribution in [0.2, 0.25) is 10.0 Å². The van der Waals surface area contributed by atoms with E-state index in [2.05, 4.69) is 5.16 Å². The third-order valence-corrected chi connectivity index (χ3v) is 5.14. The Balaban J connectivity index is 2.55. The summed E-state index contributed by atoms with van der Waals surface area (Å²) in [4.78, 5) is 5.38. The van der Waals surface area contributed by atoms with Crippen LogP contribution in [0.3, 0.4) is 0 Å². The molecule has 0 amide bonds. The number of sulfonamides is 1. The molecule has 158 valence electrons. The Kier molecular flexibility index (Phi) is 6.76. The first-order valence-corrected chi connectivity index (χ1v) is 10.3. The Morgan fingerprint density at radius 1 is 1.00 bits per heavy atom. The molecule has 0 aliphatic heterocycles. The summed E-state index contributed by atoms with van der Waals surface area (Å²) in [6.07, 6.45) is 0. The second-order valence-corrected chi connectivity index (χ2v) is 9.52. The van der Waals surface area contributed by atoms with Gasteiger partial charge in [0.1, 0.15) is 0 Å². The summed E-state index contributed by atoms with van der Waals surface area (Å²) in [6.45, 7) is 5.21. The van der Waals surface area contributed by atoms with Gasteiger partial charge in [-0.3, -0.25) is 4.72 Å². The van der Waals surface area contributed by atoms with E-state index in [0.29, 0.717) is 10.8 Å². The predicted molar refractivity (Wildman–Crippen MR) is 108 cm³/mol. The van der Waals surface area contributed by atoms with Crippen LogP contribution in [0.25, 0.3) is 0 Å². The van der Waals surface area contributed by atoms with Gasteiger partial charge in [0.25, 0.3) is 0 Å². The zero-order chi connectivity index (χ0) is 22.0. The smallest absolute Gasteiger partial charge is 0.357 e. The Morgan fingerprint density at radius 3 is 2.07 bits per heavy atom. The molecule has 0 spiro atoms. The molecular formula is C18H17Cl2F3N2O3S. The highest BCUT2D eigenvalue weighted by Gasteiger charge is 2.46.